The van der Waals surface area contributed by atoms with Crippen molar-refractivity contribution in [3.8, 4) is 17.2 Å². The lowest BCUT2D eigenvalue weighted by atomic mass is 10.1. The lowest BCUT2D eigenvalue weighted by Crippen LogP contribution is -2.09. The van der Waals surface area contributed by atoms with Crippen molar-refractivity contribution in [1.82, 2.24) is 0 Å². The van der Waals surface area contributed by atoms with E-state index in [1.807, 2.05) is 25.1 Å². The highest BCUT2D eigenvalue weighted by atomic mass is 19.1. The first kappa shape index (κ1) is 15.3. The van der Waals surface area contributed by atoms with E-state index in [0.29, 0.717) is 29.4 Å². The summed E-state index contributed by atoms with van der Waals surface area (Å²) < 4.78 is 25.4. The van der Waals surface area contributed by atoms with E-state index in [1.165, 1.54) is 6.07 Å². The van der Waals surface area contributed by atoms with Gasteiger partial charge in [0.1, 0.15) is 11.6 Å². The molecule has 3 nitrogen and oxygen atoms in total. The highest BCUT2D eigenvalue weighted by molar-refractivity contribution is 5.45. The van der Waals surface area contributed by atoms with E-state index in [9.17, 15) is 4.39 Å². The molecule has 0 heterocycles. The molecular formula is C17H20FNO2. The first-order chi connectivity index (χ1) is 10.1. The Kier molecular flexibility index (Phi) is 5.17. The minimum atomic E-state index is -0.454. The van der Waals surface area contributed by atoms with Gasteiger partial charge in [0.2, 0.25) is 0 Å². The van der Waals surface area contributed by atoms with Crippen LogP contribution in [0.3, 0.4) is 0 Å². The molecule has 0 aliphatic heterocycles. The summed E-state index contributed by atoms with van der Waals surface area (Å²) in [5.74, 6) is 1.24. The molecule has 2 aromatic rings. The van der Waals surface area contributed by atoms with Gasteiger partial charge in [0.15, 0.2) is 11.5 Å². The molecule has 1 atom stereocenters. The maximum Gasteiger partial charge on any atom is 0.169 e. The van der Waals surface area contributed by atoms with Crippen molar-refractivity contribution in [2.75, 3.05) is 6.61 Å². The van der Waals surface area contributed by atoms with E-state index in [2.05, 4.69) is 0 Å². The van der Waals surface area contributed by atoms with Crippen molar-refractivity contribution in [3.05, 3.63) is 53.8 Å². The van der Waals surface area contributed by atoms with Gasteiger partial charge in [0.05, 0.1) is 6.61 Å². The predicted molar refractivity (Wildman–Crippen MR) is 81.3 cm³/mol. The van der Waals surface area contributed by atoms with Gasteiger partial charge in [-0.2, -0.15) is 0 Å². The van der Waals surface area contributed by atoms with Crippen LogP contribution in [0.5, 0.6) is 17.2 Å². The maximum absolute atomic E-state index is 13.9. The molecule has 0 aromatic heterocycles. The minimum absolute atomic E-state index is 0.364. The average molecular weight is 289 g/mol. The third-order valence-corrected chi connectivity index (χ3v) is 3.00. The number of benzene rings is 2. The van der Waals surface area contributed by atoms with E-state index < -0.39 is 6.04 Å². The summed E-state index contributed by atoms with van der Waals surface area (Å²) in [5, 5.41) is 0. The largest absolute Gasteiger partial charge is 0.490 e. The average Bonchev–Trinajstić information content (AvgIpc) is 2.46. The van der Waals surface area contributed by atoms with Crippen LogP contribution >= 0.6 is 0 Å². The molecular weight excluding hydrogens is 269 g/mol. The summed E-state index contributed by atoms with van der Waals surface area (Å²) in [4.78, 5) is 0. The van der Waals surface area contributed by atoms with Gasteiger partial charge in [0.25, 0.3) is 0 Å². The van der Waals surface area contributed by atoms with E-state index in [0.717, 1.165) is 6.42 Å². The van der Waals surface area contributed by atoms with Crippen LogP contribution in [0, 0.1) is 5.82 Å². The standard InChI is InChI=1S/C17H20FNO2/c1-3-11-20-14-8-4-5-9-15(14)21-16-10-6-7-13(18)17(16)12(2)19/h4-10,12H,3,11,19H2,1-2H3/t12-/m1/s1. The quantitative estimate of drug-likeness (QED) is 0.855. The van der Waals surface area contributed by atoms with E-state index in [-0.39, 0.29) is 5.82 Å². The zero-order valence-electron chi connectivity index (χ0n) is 12.3. The summed E-state index contributed by atoms with van der Waals surface area (Å²) in [6.45, 7) is 4.36. The summed E-state index contributed by atoms with van der Waals surface area (Å²) in [5.41, 5.74) is 6.20. The molecule has 0 aliphatic rings. The number of nitrogens with two attached hydrogens (primary N) is 1. The molecule has 4 heteroatoms. The van der Waals surface area contributed by atoms with Crippen LogP contribution in [0.25, 0.3) is 0 Å². The van der Waals surface area contributed by atoms with Gasteiger partial charge in [-0.1, -0.05) is 25.1 Å². The second kappa shape index (κ2) is 7.09. The van der Waals surface area contributed by atoms with Crippen molar-refractivity contribution in [1.29, 1.82) is 0 Å². The summed E-state index contributed by atoms with van der Waals surface area (Å²) in [6, 6.07) is 11.6. The highest BCUT2D eigenvalue weighted by Crippen LogP contribution is 2.35. The molecule has 0 bridgehead atoms. The molecule has 0 saturated carbocycles. The predicted octanol–water partition coefficient (Wildman–Crippen LogP) is 4.43. The molecule has 0 aliphatic carbocycles. The Hall–Kier alpha value is -2.07. The fraction of sp³-hybridized carbons (Fsp3) is 0.294. The topological polar surface area (TPSA) is 44.5 Å². The minimum Gasteiger partial charge on any atom is -0.490 e. The SMILES string of the molecule is CCCOc1ccccc1Oc1cccc(F)c1[C@@H](C)N. The fourth-order valence-electron chi connectivity index (χ4n) is 2.03. The molecule has 0 amide bonds. The Bertz CT molecular complexity index is 599. The van der Waals surface area contributed by atoms with E-state index in [1.54, 1.807) is 25.1 Å². The first-order valence-electron chi connectivity index (χ1n) is 7.07. The zero-order valence-corrected chi connectivity index (χ0v) is 12.3. The van der Waals surface area contributed by atoms with Gasteiger partial charge in [-0.15, -0.1) is 0 Å². The van der Waals surface area contributed by atoms with Crippen molar-refractivity contribution in [2.45, 2.75) is 26.3 Å². The number of ether oxygens (including phenoxy) is 2. The number of hydrogen-bond acceptors (Lipinski definition) is 3. The van der Waals surface area contributed by atoms with Gasteiger partial charge in [-0.25, -0.2) is 4.39 Å². The first-order valence-corrected chi connectivity index (χ1v) is 7.07. The third kappa shape index (κ3) is 3.73. The monoisotopic (exact) mass is 289 g/mol. The molecule has 0 unspecified atom stereocenters. The molecule has 0 radical (unpaired) electrons. The van der Waals surface area contributed by atoms with Crippen LogP contribution in [0.15, 0.2) is 42.5 Å². The number of halogens is 1. The highest BCUT2D eigenvalue weighted by Gasteiger charge is 2.15. The van der Waals surface area contributed by atoms with E-state index >= 15 is 0 Å². The molecule has 112 valence electrons. The van der Waals surface area contributed by atoms with Crippen molar-refractivity contribution < 1.29 is 13.9 Å². The number of para-hydroxylation sites is 2. The molecule has 0 saturated heterocycles. The van der Waals surface area contributed by atoms with Crippen LogP contribution in [-0.2, 0) is 0 Å². The Morgan fingerprint density at radius 2 is 1.71 bits per heavy atom. The van der Waals surface area contributed by atoms with Crippen LogP contribution in [0.1, 0.15) is 31.9 Å². The van der Waals surface area contributed by atoms with Gasteiger partial charge in [-0.05, 0) is 37.6 Å². The lowest BCUT2D eigenvalue weighted by molar-refractivity contribution is 0.301. The Morgan fingerprint density at radius 3 is 2.38 bits per heavy atom. The normalized spacial score (nSPS) is 12.0. The summed E-state index contributed by atoms with van der Waals surface area (Å²) in [6.07, 6.45) is 0.902. The van der Waals surface area contributed by atoms with Crippen molar-refractivity contribution in [3.63, 3.8) is 0 Å². The second-order valence-electron chi connectivity index (χ2n) is 4.84. The third-order valence-electron chi connectivity index (χ3n) is 3.00. The Labute approximate surface area is 124 Å². The van der Waals surface area contributed by atoms with Gasteiger partial charge < -0.3 is 15.2 Å². The Balaban J connectivity index is 2.32. The number of rotatable bonds is 6. The van der Waals surface area contributed by atoms with Gasteiger partial charge in [0, 0.05) is 11.6 Å². The van der Waals surface area contributed by atoms with Crippen LogP contribution < -0.4 is 15.2 Å². The lowest BCUT2D eigenvalue weighted by Gasteiger charge is -2.16. The van der Waals surface area contributed by atoms with Crippen LogP contribution in [0.4, 0.5) is 4.39 Å². The molecule has 2 N–H and O–H groups in total. The maximum atomic E-state index is 13.9. The smallest absolute Gasteiger partial charge is 0.169 e. The molecule has 0 fully saturated rings. The number of hydrogen-bond donors (Lipinski definition) is 1. The summed E-state index contributed by atoms with van der Waals surface area (Å²) >= 11 is 0. The fourth-order valence-corrected chi connectivity index (χ4v) is 2.03. The van der Waals surface area contributed by atoms with Crippen LogP contribution in [-0.4, -0.2) is 6.61 Å². The zero-order chi connectivity index (χ0) is 15.2. The van der Waals surface area contributed by atoms with Gasteiger partial charge in [-0.3, -0.25) is 0 Å². The molecule has 0 spiro atoms. The van der Waals surface area contributed by atoms with Crippen LogP contribution in [0.2, 0.25) is 0 Å². The molecule has 2 aromatic carbocycles. The molecule has 2 rings (SSSR count). The second-order valence-corrected chi connectivity index (χ2v) is 4.84. The van der Waals surface area contributed by atoms with Gasteiger partial charge >= 0.3 is 0 Å². The Morgan fingerprint density at radius 1 is 1.05 bits per heavy atom. The van der Waals surface area contributed by atoms with E-state index in [4.69, 9.17) is 15.2 Å². The summed E-state index contributed by atoms with van der Waals surface area (Å²) in [7, 11) is 0. The van der Waals surface area contributed by atoms with Crippen molar-refractivity contribution in [2.24, 2.45) is 5.73 Å². The molecule has 21 heavy (non-hydrogen) atoms. The van der Waals surface area contributed by atoms with Crippen molar-refractivity contribution >= 4 is 0 Å².